The number of rotatable bonds is 3. The zero-order valence-corrected chi connectivity index (χ0v) is 28.1. The lowest BCUT2D eigenvalue weighted by molar-refractivity contribution is 0.616. The molecule has 11 rings (SSSR count). The normalized spacial score (nSPS) is 18.4. The Morgan fingerprint density at radius 1 is 0.440 bits per heavy atom. The van der Waals surface area contributed by atoms with Crippen molar-refractivity contribution in [3.8, 4) is 27.9 Å². The Morgan fingerprint density at radius 3 is 1.60 bits per heavy atom. The van der Waals surface area contributed by atoms with Crippen LogP contribution in [0.3, 0.4) is 0 Å². The molecule has 0 radical (unpaired) electrons. The molecule has 0 atom stereocenters. The second-order valence-corrected chi connectivity index (χ2v) is 14.5. The number of para-hydroxylation sites is 1. The van der Waals surface area contributed by atoms with E-state index in [1.165, 1.54) is 77.6 Å². The minimum Gasteiger partial charge on any atom is -0.309 e. The van der Waals surface area contributed by atoms with Gasteiger partial charge >= 0.3 is 0 Å². The van der Waals surface area contributed by atoms with Gasteiger partial charge in [-0.3, -0.25) is 0 Å². The average Bonchev–Trinajstić information content (AvgIpc) is 3.79. The van der Waals surface area contributed by atoms with Crippen molar-refractivity contribution in [2.75, 3.05) is 0 Å². The van der Waals surface area contributed by atoms with Crippen LogP contribution in [-0.2, 0) is 5.41 Å². The molecule has 238 valence electrons. The highest BCUT2D eigenvalue weighted by atomic mass is 15.0. The van der Waals surface area contributed by atoms with Crippen LogP contribution >= 0.6 is 0 Å². The fourth-order valence-corrected chi connectivity index (χ4v) is 10.1. The number of allylic oxidation sites excluding steroid dienone is 12. The molecule has 1 spiro atoms. The van der Waals surface area contributed by atoms with E-state index in [9.17, 15) is 0 Å². The number of fused-ring (bicyclic) bond motifs is 10. The first-order chi connectivity index (χ1) is 24.8. The predicted octanol–water partition coefficient (Wildman–Crippen LogP) is 12.8. The summed E-state index contributed by atoms with van der Waals surface area (Å²) < 4.78 is 2.54. The second kappa shape index (κ2) is 10.7. The van der Waals surface area contributed by atoms with Crippen molar-refractivity contribution in [1.29, 1.82) is 0 Å². The van der Waals surface area contributed by atoms with Crippen molar-refractivity contribution in [2.24, 2.45) is 0 Å². The van der Waals surface area contributed by atoms with Crippen LogP contribution in [0, 0.1) is 0 Å². The maximum absolute atomic E-state index is 2.63. The van der Waals surface area contributed by atoms with Crippen molar-refractivity contribution in [1.82, 2.24) is 4.57 Å². The van der Waals surface area contributed by atoms with Crippen LogP contribution in [0.2, 0.25) is 0 Å². The lowest BCUT2D eigenvalue weighted by Gasteiger charge is -2.38. The van der Waals surface area contributed by atoms with E-state index in [2.05, 4.69) is 156 Å². The summed E-state index contributed by atoms with van der Waals surface area (Å²) in [5.74, 6) is 0. The smallest absolute Gasteiger partial charge is 0.0614 e. The molecule has 1 aromatic heterocycles. The van der Waals surface area contributed by atoms with Gasteiger partial charge in [-0.1, -0.05) is 115 Å². The highest BCUT2D eigenvalue weighted by Gasteiger charge is 2.54. The van der Waals surface area contributed by atoms with Crippen LogP contribution in [0.5, 0.6) is 0 Å². The second-order valence-electron chi connectivity index (χ2n) is 14.5. The summed E-state index contributed by atoms with van der Waals surface area (Å²) in [5.41, 5.74) is 20.9. The molecule has 1 nitrogen and oxygen atoms in total. The number of hydrogen-bond donors (Lipinski definition) is 0. The van der Waals surface area contributed by atoms with E-state index in [1.807, 2.05) is 0 Å². The molecule has 0 amide bonds. The molecule has 6 aromatic rings. The maximum Gasteiger partial charge on any atom is 0.0614 e. The largest absolute Gasteiger partial charge is 0.309 e. The minimum absolute atomic E-state index is 0.110. The third kappa shape index (κ3) is 3.78. The molecule has 0 fully saturated rings. The minimum atomic E-state index is -0.110. The molecule has 0 aliphatic heterocycles. The topological polar surface area (TPSA) is 4.93 Å². The van der Waals surface area contributed by atoms with Gasteiger partial charge in [-0.15, -0.1) is 0 Å². The van der Waals surface area contributed by atoms with Gasteiger partial charge in [-0.2, -0.15) is 0 Å². The predicted molar refractivity (Wildman–Crippen MR) is 209 cm³/mol. The van der Waals surface area contributed by atoms with E-state index in [-0.39, 0.29) is 5.41 Å². The van der Waals surface area contributed by atoms with Gasteiger partial charge in [0.05, 0.1) is 16.4 Å². The number of benzene rings is 5. The Hall–Kier alpha value is -5.66. The summed E-state index contributed by atoms with van der Waals surface area (Å²) >= 11 is 0. The van der Waals surface area contributed by atoms with Gasteiger partial charge in [-0.05, 0) is 142 Å². The molecule has 0 N–H and O–H groups in total. The molecule has 5 aliphatic rings. The first-order valence-corrected chi connectivity index (χ1v) is 18.4. The van der Waals surface area contributed by atoms with Crippen molar-refractivity contribution in [2.45, 2.75) is 43.9 Å². The Morgan fingerprint density at radius 2 is 0.980 bits per heavy atom. The summed E-state index contributed by atoms with van der Waals surface area (Å²) in [6.45, 7) is 0. The van der Waals surface area contributed by atoms with Crippen LogP contribution in [-0.4, -0.2) is 4.57 Å². The summed E-state index contributed by atoms with van der Waals surface area (Å²) in [6, 6.07) is 43.1. The van der Waals surface area contributed by atoms with Crippen LogP contribution < -0.4 is 0 Å². The average molecular weight is 640 g/mol. The van der Waals surface area contributed by atoms with Crippen molar-refractivity contribution in [3.63, 3.8) is 0 Å². The summed E-state index contributed by atoms with van der Waals surface area (Å²) in [5, 5.41) is 2.67. The van der Waals surface area contributed by atoms with Gasteiger partial charge in [0.1, 0.15) is 0 Å². The Labute approximate surface area is 293 Å². The van der Waals surface area contributed by atoms with E-state index in [4.69, 9.17) is 0 Å². The maximum atomic E-state index is 2.63. The molecule has 0 saturated carbocycles. The molecule has 5 aromatic carbocycles. The van der Waals surface area contributed by atoms with Crippen molar-refractivity contribution >= 4 is 27.4 Å². The Balaban J connectivity index is 1.23. The van der Waals surface area contributed by atoms with Crippen LogP contribution in [0.15, 0.2) is 180 Å². The molecular formula is C49H37N. The Bertz CT molecular complexity index is 2520. The molecule has 0 unspecified atom stereocenters. The van der Waals surface area contributed by atoms with Crippen LogP contribution in [0.1, 0.15) is 49.7 Å². The van der Waals surface area contributed by atoms with Gasteiger partial charge in [-0.25, -0.2) is 0 Å². The Kier molecular flexibility index (Phi) is 6.02. The van der Waals surface area contributed by atoms with E-state index < -0.39 is 0 Å². The van der Waals surface area contributed by atoms with E-state index >= 15 is 0 Å². The highest BCUT2D eigenvalue weighted by molar-refractivity contribution is 6.12. The molecule has 0 bridgehead atoms. The van der Waals surface area contributed by atoms with Crippen molar-refractivity contribution in [3.05, 3.63) is 191 Å². The van der Waals surface area contributed by atoms with Gasteiger partial charge in [0.25, 0.3) is 0 Å². The van der Waals surface area contributed by atoms with Gasteiger partial charge in [0.2, 0.25) is 0 Å². The van der Waals surface area contributed by atoms with Gasteiger partial charge < -0.3 is 4.57 Å². The number of nitrogens with zero attached hydrogens (tertiary/aromatic N) is 1. The van der Waals surface area contributed by atoms with Gasteiger partial charge in [0, 0.05) is 16.5 Å². The van der Waals surface area contributed by atoms with E-state index in [0.29, 0.717) is 0 Å². The number of hydrogen-bond acceptors (Lipinski definition) is 0. The van der Waals surface area contributed by atoms with E-state index in [1.54, 1.807) is 16.7 Å². The van der Waals surface area contributed by atoms with Gasteiger partial charge in [0.15, 0.2) is 0 Å². The van der Waals surface area contributed by atoms with Crippen molar-refractivity contribution < 1.29 is 0 Å². The SMILES string of the molecule is C1=CC2=C(CC1)C1(C3=C2C=CCC3)C2=C(C=CCC2)c2cc3c(cc21)c1ccccc1n3-c1cc(-c2ccccc2)cc(-c2ccccc2)c1. The monoisotopic (exact) mass is 639 g/mol. The standard InChI is InChI=1S/C49H37N/c1-3-15-32(16-4-1)34-27-35(33-17-5-2-6-18-33)29-36(28-34)50-47-26-14-10-22-40(47)42-30-46-41(31-48(42)50)39-21-9-13-25-45(39)49(46)43-23-11-7-19-37(43)38-20-8-12-24-44(38)49/h1-10,14-22,26-31H,11-13,23-25H2. The first kappa shape index (κ1) is 28.2. The molecule has 50 heavy (non-hydrogen) atoms. The first-order valence-electron chi connectivity index (χ1n) is 18.4. The quantitative estimate of drug-likeness (QED) is 0.182. The summed E-state index contributed by atoms with van der Waals surface area (Å²) in [7, 11) is 0. The lowest BCUT2D eigenvalue weighted by Crippen LogP contribution is -2.31. The fraction of sp³-hybridized carbons (Fsp3) is 0.143. The van der Waals surface area contributed by atoms with E-state index in [0.717, 1.165) is 38.5 Å². The summed E-state index contributed by atoms with van der Waals surface area (Å²) in [6.07, 6.45) is 21.4. The molecule has 1 heterocycles. The molecule has 1 heteroatoms. The third-order valence-corrected chi connectivity index (χ3v) is 12.1. The molecule has 5 aliphatic carbocycles. The highest BCUT2D eigenvalue weighted by Crippen LogP contribution is 2.65. The zero-order valence-electron chi connectivity index (χ0n) is 28.1. The lowest BCUT2D eigenvalue weighted by atomic mass is 9.64. The zero-order chi connectivity index (χ0) is 32.8. The molecule has 0 saturated heterocycles. The van der Waals surface area contributed by atoms with Crippen LogP contribution in [0.25, 0.3) is 55.3 Å². The third-order valence-electron chi connectivity index (χ3n) is 12.1. The molecular weight excluding hydrogens is 603 g/mol. The number of aromatic nitrogens is 1. The fourth-order valence-electron chi connectivity index (χ4n) is 10.1. The summed E-state index contributed by atoms with van der Waals surface area (Å²) in [4.78, 5) is 0. The van der Waals surface area contributed by atoms with Crippen LogP contribution in [0.4, 0.5) is 0 Å².